The first-order valence-electron chi connectivity index (χ1n) is 27.2. The summed E-state index contributed by atoms with van der Waals surface area (Å²) in [6.07, 6.45) is 24.0. The summed E-state index contributed by atoms with van der Waals surface area (Å²) in [7, 11) is 0. The predicted octanol–water partition coefficient (Wildman–Crippen LogP) is 14.0. The molecule has 4 fully saturated rings. The second-order valence-electron chi connectivity index (χ2n) is 20.6. The maximum Gasteiger partial charge on any atom is 0.345 e. The number of benzene rings is 1. The molecule has 2 atom stereocenters. The van der Waals surface area contributed by atoms with Gasteiger partial charge in [-0.25, -0.2) is 28.8 Å². The number of rotatable bonds is 22. The van der Waals surface area contributed by atoms with Crippen LogP contribution in [0.3, 0.4) is 0 Å². The monoisotopic (exact) mass is 1080 g/mol. The molecular weight excluding hydrogens is 993 g/mol. The van der Waals surface area contributed by atoms with E-state index in [1.54, 1.807) is 38.2 Å². The summed E-state index contributed by atoms with van der Waals surface area (Å²) in [5.74, 6) is -1.63. The topological polar surface area (TPSA) is 176 Å². The standard InChI is InChI=1S/C14H20O4.C14H22O2.C13H18O4.C12H16O2.C11H16O2/c1-10(2)13(16)17-9-12(15)18-14(11(3)4)7-5-6-8-14;1-5-14(4,16-13(15)11(2)3)12-9-7-6-8-10-12;1-4-13(7-5-6-8-13)17-11(14)9-16-12(15)10(2)3;1-4-11-6-8-12(9-7-11)14-10(3)13-5-2;1-4-11(7-5-6-8-11)13-10(12)9(2)3/h1,3,5-9H2,2,4H3;5,12H,1-2,6-10H2,3-4H3;4H,1-2,5-9H2,3H3;4,6-10H,1,5H2,2-3H3;4H,1-2,5-8H2,3H3. The lowest BCUT2D eigenvalue weighted by Crippen LogP contribution is -2.39. The van der Waals surface area contributed by atoms with Gasteiger partial charge in [-0.15, -0.1) is 0 Å². The van der Waals surface area contributed by atoms with Crippen LogP contribution in [0.25, 0.3) is 6.08 Å². The van der Waals surface area contributed by atoms with Gasteiger partial charge in [-0.05, 0) is 187 Å². The molecule has 5 rings (SSSR count). The number of hydrogen-bond donors (Lipinski definition) is 0. The molecule has 0 N–H and O–H groups in total. The zero-order valence-corrected chi connectivity index (χ0v) is 48.5. The van der Waals surface area contributed by atoms with Crippen LogP contribution in [0.15, 0.2) is 130 Å². The van der Waals surface area contributed by atoms with E-state index in [4.69, 9.17) is 37.9 Å². The Hall–Kier alpha value is -6.54. The van der Waals surface area contributed by atoms with E-state index in [0.717, 1.165) is 107 Å². The van der Waals surface area contributed by atoms with E-state index in [2.05, 4.69) is 59.2 Å². The molecule has 2 unspecified atom stereocenters. The second kappa shape index (κ2) is 35.1. The summed E-state index contributed by atoms with van der Waals surface area (Å²) in [6.45, 7) is 46.8. The molecule has 4 aliphatic carbocycles. The van der Waals surface area contributed by atoms with Gasteiger partial charge >= 0.3 is 35.8 Å². The first-order valence-corrected chi connectivity index (χ1v) is 27.2. The van der Waals surface area contributed by atoms with Gasteiger partial charge in [-0.2, -0.15) is 0 Å². The molecule has 0 saturated heterocycles. The van der Waals surface area contributed by atoms with Crippen molar-refractivity contribution < 1.29 is 66.7 Å². The molecule has 432 valence electrons. The van der Waals surface area contributed by atoms with Crippen molar-refractivity contribution in [1.29, 1.82) is 0 Å². The van der Waals surface area contributed by atoms with Gasteiger partial charge < -0.3 is 37.9 Å². The molecule has 78 heavy (non-hydrogen) atoms. The first kappa shape index (κ1) is 69.5. The van der Waals surface area contributed by atoms with Gasteiger partial charge in [0.25, 0.3) is 0 Å². The lowest BCUT2D eigenvalue weighted by atomic mass is 9.77. The Balaban J connectivity index is 0.000000490. The lowest BCUT2D eigenvalue weighted by Gasteiger charge is -2.37. The van der Waals surface area contributed by atoms with Crippen LogP contribution in [0, 0.1) is 5.92 Å². The third kappa shape index (κ3) is 24.8. The highest BCUT2D eigenvalue weighted by molar-refractivity contribution is 5.89. The number of hydrogen-bond acceptors (Lipinski definition) is 14. The van der Waals surface area contributed by atoms with Crippen molar-refractivity contribution in [2.75, 3.05) is 19.8 Å². The summed E-state index contributed by atoms with van der Waals surface area (Å²) in [6, 6.07) is 7.74. The number of ether oxygens (including phenoxy) is 8. The average Bonchev–Trinajstić information content (AvgIpc) is 4.22. The molecule has 0 amide bonds. The Kier molecular flexibility index (Phi) is 31.2. The number of carbonyl (C=O) groups excluding carboxylic acids is 6. The van der Waals surface area contributed by atoms with Gasteiger partial charge in [0, 0.05) is 34.8 Å². The van der Waals surface area contributed by atoms with Gasteiger partial charge in [-0.1, -0.05) is 96.7 Å². The van der Waals surface area contributed by atoms with E-state index in [0.29, 0.717) is 23.7 Å². The van der Waals surface area contributed by atoms with Crippen molar-refractivity contribution in [3.63, 3.8) is 0 Å². The summed E-state index contributed by atoms with van der Waals surface area (Å²) >= 11 is 0. The molecule has 0 aliphatic heterocycles. The van der Waals surface area contributed by atoms with Gasteiger partial charge in [0.1, 0.15) is 28.2 Å². The third-order valence-corrected chi connectivity index (χ3v) is 13.7. The fraction of sp³-hybridized carbons (Fsp3) is 0.531. The van der Waals surface area contributed by atoms with Crippen LogP contribution < -0.4 is 4.74 Å². The molecule has 0 radical (unpaired) electrons. The van der Waals surface area contributed by atoms with Crippen molar-refractivity contribution >= 4 is 41.9 Å². The Morgan fingerprint density at radius 2 is 1.01 bits per heavy atom. The van der Waals surface area contributed by atoms with Crippen molar-refractivity contribution in [3.05, 3.63) is 135 Å². The quantitative estimate of drug-likeness (QED) is 0.0352. The Morgan fingerprint density at radius 3 is 1.40 bits per heavy atom. The van der Waals surface area contributed by atoms with E-state index in [-0.39, 0.29) is 42.6 Å². The van der Waals surface area contributed by atoms with Gasteiger partial charge in [0.05, 0.1) is 0 Å². The SMILES string of the molecule is C=C(C)C(=O)OCC(=O)OC1(C(=C)C)CCCC1.C=CC(C)(OC(=O)C(=C)C)C1CCCCC1.C=CC1(OC(=O)C(=C)C)CCCC1.C=CC1(OC(=O)COC(=O)C(=C)C)CCCC1.C=Cc1ccc(OC(C)OCC)cc1. The molecule has 4 saturated carbocycles. The van der Waals surface area contributed by atoms with Crippen LogP contribution in [0.2, 0.25) is 0 Å². The molecule has 0 spiro atoms. The van der Waals surface area contributed by atoms with Crippen LogP contribution in [-0.2, 0) is 61.9 Å². The Bertz CT molecular complexity index is 2240. The Labute approximate surface area is 466 Å². The van der Waals surface area contributed by atoms with Crippen LogP contribution in [-0.4, -0.2) is 84.3 Å². The maximum absolute atomic E-state index is 11.7. The minimum atomic E-state index is -0.582. The minimum Gasteiger partial charge on any atom is -0.465 e. The van der Waals surface area contributed by atoms with Crippen molar-refractivity contribution in [2.45, 2.75) is 193 Å². The predicted molar refractivity (Wildman–Crippen MR) is 308 cm³/mol. The minimum absolute atomic E-state index is 0.199. The van der Waals surface area contributed by atoms with Gasteiger partial charge in [-0.3, -0.25) is 0 Å². The highest BCUT2D eigenvalue weighted by atomic mass is 16.7. The highest BCUT2D eigenvalue weighted by Crippen LogP contribution is 2.39. The third-order valence-electron chi connectivity index (χ3n) is 13.7. The van der Waals surface area contributed by atoms with Gasteiger partial charge in [0.15, 0.2) is 19.5 Å². The van der Waals surface area contributed by atoms with Crippen LogP contribution in [0.5, 0.6) is 5.75 Å². The van der Waals surface area contributed by atoms with Crippen LogP contribution in [0.4, 0.5) is 0 Å². The summed E-state index contributed by atoms with van der Waals surface area (Å²) in [5.41, 5.74) is 1.29. The maximum atomic E-state index is 11.7. The van der Waals surface area contributed by atoms with E-state index in [9.17, 15) is 28.8 Å². The molecule has 0 aromatic heterocycles. The van der Waals surface area contributed by atoms with Gasteiger partial charge in [0.2, 0.25) is 0 Å². The molecule has 0 heterocycles. The van der Waals surface area contributed by atoms with Crippen LogP contribution in [0.1, 0.15) is 170 Å². The number of carbonyl (C=O) groups is 6. The summed E-state index contributed by atoms with van der Waals surface area (Å²) in [4.78, 5) is 68.3. The fourth-order valence-electron chi connectivity index (χ4n) is 8.87. The lowest BCUT2D eigenvalue weighted by molar-refractivity contribution is -0.165. The summed E-state index contributed by atoms with van der Waals surface area (Å²) in [5, 5.41) is 0. The van der Waals surface area contributed by atoms with Crippen molar-refractivity contribution in [3.8, 4) is 5.75 Å². The largest absolute Gasteiger partial charge is 0.465 e. The molecule has 4 aliphatic rings. The van der Waals surface area contributed by atoms with Crippen LogP contribution >= 0.6 is 0 Å². The van der Waals surface area contributed by atoms with Crippen molar-refractivity contribution in [2.24, 2.45) is 5.92 Å². The van der Waals surface area contributed by atoms with E-state index >= 15 is 0 Å². The normalized spacial score (nSPS) is 17.4. The molecule has 0 bridgehead atoms. The second-order valence-corrected chi connectivity index (χ2v) is 20.6. The Morgan fingerprint density at radius 1 is 0.590 bits per heavy atom. The van der Waals surface area contributed by atoms with E-state index < -0.39 is 46.3 Å². The molecule has 14 heteroatoms. The molecule has 1 aromatic rings. The van der Waals surface area contributed by atoms with E-state index in [1.807, 2.05) is 52.0 Å². The summed E-state index contributed by atoms with van der Waals surface area (Å²) < 4.78 is 41.9. The molecular formula is C64H92O14. The zero-order chi connectivity index (χ0) is 59.1. The first-order chi connectivity index (χ1) is 36.7. The fourth-order valence-corrected chi connectivity index (χ4v) is 8.87. The molecule has 14 nitrogen and oxygen atoms in total. The highest BCUT2D eigenvalue weighted by Gasteiger charge is 2.40. The average molecular weight is 1090 g/mol. The van der Waals surface area contributed by atoms with E-state index in [1.165, 1.54) is 33.1 Å². The smallest absolute Gasteiger partial charge is 0.345 e. The molecule has 1 aromatic carbocycles. The number of esters is 6. The zero-order valence-electron chi connectivity index (χ0n) is 48.5. The van der Waals surface area contributed by atoms with Crippen molar-refractivity contribution in [1.82, 2.24) is 0 Å².